The van der Waals surface area contributed by atoms with Crippen LogP contribution in [0.5, 0.6) is 0 Å². The maximum absolute atomic E-state index is 12.5. The molecule has 6 nitrogen and oxygen atoms in total. The number of hydrogen-bond acceptors (Lipinski definition) is 5. The molecule has 0 heterocycles. The minimum atomic E-state index is -0.851. The van der Waals surface area contributed by atoms with Gasteiger partial charge in [0.25, 0.3) is 0 Å². The summed E-state index contributed by atoms with van der Waals surface area (Å²) in [6.07, 6.45) is 75.0. The molecule has 0 spiro atoms. The van der Waals surface area contributed by atoms with E-state index < -0.39 is 12.1 Å². The monoisotopic (exact) mass is 1000 g/mol. The van der Waals surface area contributed by atoms with E-state index in [1.165, 1.54) is 276 Å². The Morgan fingerprint density at radius 3 is 1.00 bits per heavy atom. The van der Waals surface area contributed by atoms with Crippen LogP contribution in [-0.4, -0.2) is 47.4 Å². The second kappa shape index (κ2) is 60.9. The largest absolute Gasteiger partial charge is 0.466 e. The number of ether oxygens (including phenoxy) is 1. The van der Waals surface area contributed by atoms with E-state index in [2.05, 4.69) is 31.3 Å². The maximum atomic E-state index is 12.5. The molecule has 0 rings (SSSR count). The molecule has 0 aliphatic rings. The zero-order valence-corrected chi connectivity index (χ0v) is 48.0. The molecule has 0 radical (unpaired) electrons. The predicted molar refractivity (Wildman–Crippen MR) is 310 cm³/mol. The van der Waals surface area contributed by atoms with Gasteiger partial charge in [0.05, 0.1) is 25.4 Å². The van der Waals surface area contributed by atoms with Crippen LogP contribution >= 0.6 is 0 Å². The van der Waals surface area contributed by atoms with Crippen LogP contribution in [0.3, 0.4) is 0 Å². The summed E-state index contributed by atoms with van der Waals surface area (Å²) >= 11 is 0. The highest BCUT2D eigenvalue weighted by molar-refractivity contribution is 5.76. The van der Waals surface area contributed by atoms with Crippen molar-refractivity contribution in [3.05, 3.63) is 24.3 Å². The molecule has 2 atom stereocenters. The lowest BCUT2D eigenvalue weighted by atomic mass is 10.0. The van der Waals surface area contributed by atoms with Crippen LogP contribution in [0.4, 0.5) is 0 Å². The van der Waals surface area contributed by atoms with Gasteiger partial charge in [-0.15, -0.1) is 0 Å². The van der Waals surface area contributed by atoms with Crippen LogP contribution in [0.15, 0.2) is 24.3 Å². The number of esters is 1. The van der Waals surface area contributed by atoms with Crippen LogP contribution in [0.2, 0.25) is 0 Å². The van der Waals surface area contributed by atoms with Gasteiger partial charge in [0.1, 0.15) is 0 Å². The molecule has 0 aliphatic heterocycles. The van der Waals surface area contributed by atoms with Crippen molar-refractivity contribution in [1.29, 1.82) is 0 Å². The molecule has 3 N–H and O–H groups in total. The molecule has 0 aromatic heterocycles. The first-order chi connectivity index (χ1) is 35.0. The molecule has 6 heteroatoms. The van der Waals surface area contributed by atoms with Crippen LogP contribution < -0.4 is 5.32 Å². The molecule has 0 bridgehead atoms. The second-order valence-electron chi connectivity index (χ2n) is 22.1. The van der Waals surface area contributed by atoms with Crippen molar-refractivity contribution in [3.63, 3.8) is 0 Å². The average Bonchev–Trinajstić information content (AvgIpc) is 3.37. The van der Waals surface area contributed by atoms with E-state index in [4.69, 9.17) is 4.74 Å². The van der Waals surface area contributed by atoms with Crippen molar-refractivity contribution in [2.24, 2.45) is 0 Å². The Labute approximate surface area is 443 Å². The second-order valence-corrected chi connectivity index (χ2v) is 22.1. The molecular formula is C65H125NO5. The molecule has 0 aromatic carbocycles. The highest BCUT2D eigenvalue weighted by atomic mass is 16.5. The first-order valence-corrected chi connectivity index (χ1v) is 32.1. The lowest BCUT2D eigenvalue weighted by molar-refractivity contribution is -0.143. The topological polar surface area (TPSA) is 95.9 Å². The van der Waals surface area contributed by atoms with Crippen molar-refractivity contribution in [1.82, 2.24) is 5.32 Å². The van der Waals surface area contributed by atoms with Crippen molar-refractivity contribution in [2.75, 3.05) is 13.2 Å². The molecule has 420 valence electrons. The fourth-order valence-corrected chi connectivity index (χ4v) is 10.0. The summed E-state index contributed by atoms with van der Waals surface area (Å²) in [7, 11) is 0. The number of carbonyl (C=O) groups excluding carboxylic acids is 2. The first kappa shape index (κ1) is 69.3. The molecule has 0 saturated carbocycles. The smallest absolute Gasteiger partial charge is 0.305 e. The number of rotatable bonds is 60. The van der Waals surface area contributed by atoms with E-state index in [9.17, 15) is 19.8 Å². The fourth-order valence-electron chi connectivity index (χ4n) is 10.0. The number of carbonyl (C=O) groups is 2. The van der Waals surface area contributed by atoms with Gasteiger partial charge >= 0.3 is 5.97 Å². The zero-order valence-electron chi connectivity index (χ0n) is 48.0. The molecule has 1 amide bonds. The van der Waals surface area contributed by atoms with Gasteiger partial charge in [-0.2, -0.15) is 0 Å². The molecule has 0 fully saturated rings. The number of amides is 1. The highest BCUT2D eigenvalue weighted by Gasteiger charge is 2.18. The Bertz CT molecular complexity index is 1110. The van der Waals surface area contributed by atoms with Gasteiger partial charge < -0.3 is 20.3 Å². The van der Waals surface area contributed by atoms with Gasteiger partial charge in [-0.25, -0.2) is 0 Å². The Hall–Kier alpha value is -1.66. The summed E-state index contributed by atoms with van der Waals surface area (Å²) in [5.74, 6) is -0.0682. The summed E-state index contributed by atoms with van der Waals surface area (Å²) in [6, 6.07) is -0.636. The molecule has 71 heavy (non-hydrogen) atoms. The van der Waals surface area contributed by atoms with Gasteiger partial charge in [-0.1, -0.05) is 308 Å². The number of aliphatic hydroxyl groups is 2. The van der Waals surface area contributed by atoms with Gasteiger partial charge in [0, 0.05) is 12.8 Å². The van der Waals surface area contributed by atoms with E-state index in [1.54, 1.807) is 6.08 Å². The van der Waals surface area contributed by atoms with Crippen molar-refractivity contribution >= 4 is 11.9 Å². The van der Waals surface area contributed by atoms with Crippen molar-refractivity contribution in [2.45, 2.75) is 366 Å². The Morgan fingerprint density at radius 2 is 0.662 bits per heavy atom. The van der Waals surface area contributed by atoms with Crippen LogP contribution in [-0.2, 0) is 14.3 Å². The fraction of sp³-hybridized carbons (Fsp3) is 0.908. The van der Waals surface area contributed by atoms with Crippen LogP contribution in [0.1, 0.15) is 354 Å². The Kier molecular flexibility index (Phi) is 59.5. The Morgan fingerprint density at radius 1 is 0.380 bits per heavy atom. The minimum absolute atomic E-state index is 0.00604. The predicted octanol–water partition coefficient (Wildman–Crippen LogP) is 20.2. The van der Waals surface area contributed by atoms with Crippen molar-refractivity contribution < 1.29 is 24.5 Å². The SMILES string of the molecule is CCCCCCCCCCCCCCCCCCCCC/C=C/C(O)C(CO)NC(=O)CCCCCCCCC/C=C\CCCCCCCCCCOC(=O)CCCCCCCCCCCCCCCC. The van der Waals surface area contributed by atoms with Gasteiger partial charge in [0.15, 0.2) is 0 Å². The first-order valence-electron chi connectivity index (χ1n) is 32.1. The van der Waals surface area contributed by atoms with Gasteiger partial charge in [-0.05, 0) is 57.8 Å². The van der Waals surface area contributed by atoms with E-state index in [0.717, 1.165) is 51.4 Å². The molecule has 0 saturated heterocycles. The van der Waals surface area contributed by atoms with Crippen LogP contribution in [0.25, 0.3) is 0 Å². The van der Waals surface area contributed by atoms with Crippen molar-refractivity contribution in [3.8, 4) is 0 Å². The number of hydrogen-bond donors (Lipinski definition) is 3. The molecular weight excluding hydrogens is 875 g/mol. The van der Waals surface area contributed by atoms with E-state index >= 15 is 0 Å². The maximum Gasteiger partial charge on any atom is 0.305 e. The number of allylic oxidation sites excluding steroid dienone is 3. The van der Waals surface area contributed by atoms with Gasteiger partial charge in [0.2, 0.25) is 5.91 Å². The highest BCUT2D eigenvalue weighted by Crippen LogP contribution is 2.18. The standard InChI is InChI=1S/C65H125NO5/c1-3-5-7-9-11-13-15-17-19-20-21-22-24-27-30-33-37-41-45-49-53-57-63(68)62(61-67)66-64(69)58-54-50-46-42-38-34-31-28-25-23-26-29-32-36-40-44-48-52-56-60-71-65(70)59-55-51-47-43-39-35-18-16-14-12-10-8-6-4-2/h23,25,53,57,62-63,67-68H,3-22,24,26-52,54-56,58-61H2,1-2H3,(H,66,69)/b25-23-,57-53+. The number of nitrogens with one attached hydrogen (secondary N) is 1. The van der Waals surface area contributed by atoms with E-state index in [1.807, 2.05) is 6.08 Å². The quantitative estimate of drug-likeness (QED) is 0.0320. The van der Waals surface area contributed by atoms with Gasteiger partial charge in [-0.3, -0.25) is 9.59 Å². The van der Waals surface area contributed by atoms with E-state index in [0.29, 0.717) is 19.4 Å². The normalized spacial score (nSPS) is 12.7. The Balaban J connectivity index is 3.46. The summed E-state index contributed by atoms with van der Waals surface area (Å²) in [4.78, 5) is 24.6. The third-order valence-corrected chi connectivity index (χ3v) is 15.0. The number of aliphatic hydroxyl groups excluding tert-OH is 2. The molecule has 2 unspecified atom stereocenters. The van der Waals surface area contributed by atoms with Crippen LogP contribution in [0, 0.1) is 0 Å². The molecule has 0 aromatic rings. The molecule has 0 aliphatic carbocycles. The lowest BCUT2D eigenvalue weighted by Crippen LogP contribution is -2.45. The summed E-state index contributed by atoms with van der Waals surface area (Å²) in [5.41, 5.74) is 0. The summed E-state index contributed by atoms with van der Waals surface area (Å²) < 4.78 is 5.48. The number of unbranched alkanes of at least 4 members (excludes halogenated alkanes) is 47. The summed E-state index contributed by atoms with van der Waals surface area (Å²) in [5, 5.41) is 23.2. The van der Waals surface area contributed by atoms with E-state index in [-0.39, 0.29) is 18.5 Å². The lowest BCUT2D eigenvalue weighted by Gasteiger charge is -2.20. The zero-order chi connectivity index (χ0) is 51.4. The summed E-state index contributed by atoms with van der Waals surface area (Å²) in [6.45, 7) is 4.92. The third kappa shape index (κ3) is 57.5. The average molecular weight is 1000 g/mol. The minimum Gasteiger partial charge on any atom is -0.466 e. The third-order valence-electron chi connectivity index (χ3n) is 15.0.